The molecule has 0 saturated heterocycles. The lowest BCUT2D eigenvalue weighted by Crippen LogP contribution is -2.24. The average molecular weight is 220 g/mol. The molecule has 0 amide bonds. The molecule has 16 heavy (non-hydrogen) atoms. The van der Waals surface area contributed by atoms with Crippen LogP contribution in [0.5, 0.6) is 0 Å². The van der Waals surface area contributed by atoms with E-state index in [0.29, 0.717) is 6.54 Å². The van der Waals surface area contributed by atoms with Crippen molar-refractivity contribution in [1.82, 2.24) is 4.90 Å². The quantitative estimate of drug-likeness (QED) is 0.765. The van der Waals surface area contributed by atoms with Gasteiger partial charge in [0.05, 0.1) is 0 Å². The standard InChI is InChI=1S/C14H24N2/c1-3-5-10-16(4-2)12-14-9-7-6-8-13(14)11-15/h6-9H,3-5,10-12,15H2,1-2H3. The molecule has 0 bridgehead atoms. The van der Waals surface area contributed by atoms with Gasteiger partial charge in [-0.25, -0.2) is 0 Å². The third-order valence-electron chi connectivity index (χ3n) is 3.01. The predicted molar refractivity (Wildman–Crippen MR) is 70.2 cm³/mol. The summed E-state index contributed by atoms with van der Waals surface area (Å²) in [7, 11) is 0. The monoisotopic (exact) mass is 220 g/mol. The molecule has 1 aromatic carbocycles. The maximum atomic E-state index is 5.75. The van der Waals surface area contributed by atoms with Crippen molar-refractivity contribution in [2.24, 2.45) is 5.73 Å². The molecule has 0 aliphatic rings. The van der Waals surface area contributed by atoms with Gasteiger partial charge >= 0.3 is 0 Å². The molecule has 0 radical (unpaired) electrons. The summed E-state index contributed by atoms with van der Waals surface area (Å²) in [5.74, 6) is 0. The highest BCUT2D eigenvalue weighted by Crippen LogP contribution is 2.11. The van der Waals surface area contributed by atoms with E-state index >= 15 is 0 Å². The van der Waals surface area contributed by atoms with Crippen molar-refractivity contribution < 1.29 is 0 Å². The number of benzene rings is 1. The van der Waals surface area contributed by atoms with Crippen molar-refractivity contribution >= 4 is 0 Å². The van der Waals surface area contributed by atoms with Gasteiger partial charge in [0.15, 0.2) is 0 Å². The van der Waals surface area contributed by atoms with Gasteiger partial charge in [-0.1, -0.05) is 44.5 Å². The van der Waals surface area contributed by atoms with Crippen molar-refractivity contribution in [3.63, 3.8) is 0 Å². The van der Waals surface area contributed by atoms with Crippen LogP contribution in [-0.2, 0) is 13.1 Å². The van der Waals surface area contributed by atoms with Gasteiger partial charge in [0.2, 0.25) is 0 Å². The molecule has 0 atom stereocenters. The lowest BCUT2D eigenvalue weighted by Gasteiger charge is -2.21. The van der Waals surface area contributed by atoms with Crippen molar-refractivity contribution in [1.29, 1.82) is 0 Å². The summed E-state index contributed by atoms with van der Waals surface area (Å²) in [5, 5.41) is 0. The van der Waals surface area contributed by atoms with E-state index in [0.717, 1.165) is 13.1 Å². The molecule has 2 heteroatoms. The van der Waals surface area contributed by atoms with Crippen molar-refractivity contribution in [3.8, 4) is 0 Å². The lowest BCUT2D eigenvalue weighted by molar-refractivity contribution is 0.274. The normalized spacial score (nSPS) is 11.0. The largest absolute Gasteiger partial charge is 0.326 e. The molecule has 0 spiro atoms. The van der Waals surface area contributed by atoms with Crippen molar-refractivity contribution in [2.75, 3.05) is 13.1 Å². The zero-order valence-electron chi connectivity index (χ0n) is 10.6. The summed E-state index contributed by atoms with van der Waals surface area (Å²) in [5.41, 5.74) is 8.40. The number of unbranched alkanes of at least 4 members (excludes halogenated alkanes) is 1. The van der Waals surface area contributed by atoms with Crippen LogP contribution >= 0.6 is 0 Å². The third-order valence-corrected chi connectivity index (χ3v) is 3.01. The Labute approximate surface area is 99.5 Å². The van der Waals surface area contributed by atoms with Crippen LogP contribution in [0.25, 0.3) is 0 Å². The fourth-order valence-electron chi connectivity index (χ4n) is 1.88. The topological polar surface area (TPSA) is 29.3 Å². The average Bonchev–Trinajstić information content (AvgIpc) is 2.34. The zero-order valence-corrected chi connectivity index (χ0v) is 10.6. The van der Waals surface area contributed by atoms with E-state index in [-0.39, 0.29) is 0 Å². The second-order valence-corrected chi connectivity index (χ2v) is 4.20. The lowest BCUT2D eigenvalue weighted by atomic mass is 10.1. The molecule has 2 N–H and O–H groups in total. The molecule has 1 aromatic rings. The van der Waals surface area contributed by atoms with Crippen LogP contribution in [0, 0.1) is 0 Å². The molecule has 0 aliphatic heterocycles. The Balaban J connectivity index is 2.62. The second kappa shape index (κ2) is 7.42. The van der Waals surface area contributed by atoms with Gasteiger partial charge in [-0.2, -0.15) is 0 Å². The van der Waals surface area contributed by atoms with Crippen LogP contribution in [0.1, 0.15) is 37.8 Å². The van der Waals surface area contributed by atoms with Crippen LogP contribution < -0.4 is 5.73 Å². The van der Waals surface area contributed by atoms with Gasteiger partial charge in [-0.15, -0.1) is 0 Å². The summed E-state index contributed by atoms with van der Waals surface area (Å²) >= 11 is 0. The summed E-state index contributed by atoms with van der Waals surface area (Å²) in [4.78, 5) is 2.48. The van der Waals surface area contributed by atoms with Crippen molar-refractivity contribution in [2.45, 2.75) is 39.8 Å². The molecule has 0 fully saturated rings. The number of hydrogen-bond acceptors (Lipinski definition) is 2. The Hall–Kier alpha value is -0.860. The Morgan fingerprint density at radius 3 is 2.38 bits per heavy atom. The highest BCUT2D eigenvalue weighted by Gasteiger charge is 2.05. The molecule has 1 rings (SSSR count). The molecule has 0 saturated carbocycles. The van der Waals surface area contributed by atoms with Gasteiger partial charge in [-0.05, 0) is 30.6 Å². The van der Waals surface area contributed by atoms with E-state index in [2.05, 4.69) is 43.0 Å². The van der Waals surface area contributed by atoms with Crippen LogP contribution in [0.2, 0.25) is 0 Å². The second-order valence-electron chi connectivity index (χ2n) is 4.20. The minimum Gasteiger partial charge on any atom is -0.326 e. The van der Waals surface area contributed by atoms with E-state index in [1.54, 1.807) is 0 Å². The van der Waals surface area contributed by atoms with E-state index in [1.165, 1.54) is 30.5 Å². The minimum absolute atomic E-state index is 0.640. The SMILES string of the molecule is CCCCN(CC)Cc1ccccc1CN. The van der Waals surface area contributed by atoms with E-state index in [4.69, 9.17) is 5.73 Å². The molecule has 90 valence electrons. The zero-order chi connectivity index (χ0) is 11.8. The summed E-state index contributed by atoms with van der Waals surface area (Å²) in [6, 6.07) is 8.48. The highest BCUT2D eigenvalue weighted by molar-refractivity contribution is 5.26. The Bertz CT molecular complexity index is 297. The first-order valence-corrected chi connectivity index (χ1v) is 6.31. The van der Waals surface area contributed by atoms with Crippen LogP contribution in [0.4, 0.5) is 0 Å². The molecule has 0 aliphatic carbocycles. The van der Waals surface area contributed by atoms with Gasteiger partial charge in [0.1, 0.15) is 0 Å². The highest BCUT2D eigenvalue weighted by atomic mass is 15.1. The maximum Gasteiger partial charge on any atom is 0.0236 e. The number of nitrogens with zero attached hydrogens (tertiary/aromatic N) is 1. The van der Waals surface area contributed by atoms with Gasteiger partial charge in [0, 0.05) is 13.1 Å². The fourth-order valence-corrected chi connectivity index (χ4v) is 1.88. The maximum absolute atomic E-state index is 5.75. The Morgan fingerprint density at radius 1 is 1.12 bits per heavy atom. The number of hydrogen-bond donors (Lipinski definition) is 1. The van der Waals surface area contributed by atoms with E-state index < -0.39 is 0 Å². The number of nitrogens with two attached hydrogens (primary N) is 1. The predicted octanol–water partition coefficient (Wildman–Crippen LogP) is 2.77. The fraction of sp³-hybridized carbons (Fsp3) is 0.571. The Kier molecular flexibility index (Phi) is 6.12. The van der Waals surface area contributed by atoms with Crippen LogP contribution in [0.3, 0.4) is 0 Å². The molecule has 0 aromatic heterocycles. The first kappa shape index (κ1) is 13.2. The minimum atomic E-state index is 0.640. The first-order valence-electron chi connectivity index (χ1n) is 6.31. The van der Waals surface area contributed by atoms with Crippen molar-refractivity contribution in [3.05, 3.63) is 35.4 Å². The molecule has 0 heterocycles. The summed E-state index contributed by atoms with van der Waals surface area (Å²) in [6.07, 6.45) is 2.54. The Morgan fingerprint density at radius 2 is 1.81 bits per heavy atom. The van der Waals surface area contributed by atoms with Crippen LogP contribution in [0.15, 0.2) is 24.3 Å². The van der Waals surface area contributed by atoms with Gasteiger partial charge < -0.3 is 5.73 Å². The molecule has 0 unspecified atom stereocenters. The van der Waals surface area contributed by atoms with E-state index in [9.17, 15) is 0 Å². The van der Waals surface area contributed by atoms with Crippen LogP contribution in [-0.4, -0.2) is 18.0 Å². The third kappa shape index (κ3) is 3.95. The van der Waals surface area contributed by atoms with Gasteiger partial charge in [0.25, 0.3) is 0 Å². The number of rotatable bonds is 7. The molecule has 2 nitrogen and oxygen atoms in total. The van der Waals surface area contributed by atoms with Gasteiger partial charge in [-0.3, -0.25) is 4.90 Å². The first-order chi connectivity index (χ1) is 7.81. The van der Waals surface area contributed by atoms with E-state index in [1.807, 2.05) is 0 Å². The summed E-state index contributed by atoms with van der Waals surface area (Å²) in [6.45, 7) is 8.43. The molecular formula is C14H24N2. The smallest absolute Gasteiger partial charge is 0.0236 e. The molecular weight excluding hydrogens is 196 g/mol. The summed E-state index contributed by atoms with van der Waals surface area (Å²) < 4.78 is 0.